The second-order valence-corrected chi connectivity index (χ2v) is 3.10. The molecule has 0 fully saturated rings. The number of ketones is 2. The molecule has 0 amide bonds. The van der Waals surface area contributed by atoms with Crippen molar-refractivity contribution >= 4 is 11.6 Å². The topological polar surface area (TPSA) is 81.7 Å². The van der Waals surface area contributed by atoms with E-state index in [1.165, 1.54) is 6.07 Å². The number of nitriles is 2. The first-order valence-electron chi connectivity index (χ1n) is 4.59. The number of rotatable bonds is 4. The SMILES string of the molecule is N#CCC(=O)c1cccc(C(=O)CC#N)c1. The molecule has 0 aliphatic heterocycles. The minimum atomic E-state index is -0.325. The molecule has 0 atom stereocenters. The van der Waals surface area contributed by atoms with Gasteiger partial charge in [0.25, 0.3) is 0 Å². The van der Waals surface area contributed by atoms with Gasteiger partial charge < -0.3 is 0 Å². The maximum atomic E-state index is 11.4. The van der Waals surface area contributed by atoms with Gasteiger partial charge in [-0.25, -0.2) is 0 Å². The fourth-order valence-electron chi connectivity index (χ4n) is 1.21. The lowest BCUT2D eigenvalue weighted by Crippen LogP contribution is -2.02. The Morgan fingerprint density at radius 2 is 1.44 bits per heavy atom. The van der Waals surface area contributed by atoms with Crippen molar-refractivity contribution in [2.45, 2.75) is 12.8 Å². The van der Waals surface area contributed by atoms with E-state index in [1.54, 1.807) is 30.3 Å². The number of hydrogen-bond donors (Lipinski definition) is 0. The summed E-state index contributed by atoms with van der Waals surface area (Å²) in [6.07, 6.45) is -0.425. The van der Waals surface area contributed by atoms with Gasteiger partial charge in [0.1, 0.15) is 0 Å². The van der Waals surface area contributed by atoms with E-state index < -0.39 is 0 Å². The molecule has 0 spiro atoms. The quantitative estimate of drug-likeness (QED) is 0.713. The Kier molecular flexibility index (Phi) is 3.94. The maximum absolute atomic E-state index is 11.4. The molecule has 0 saturated heterocycles. The summed E-state index contributed by atoms with van der Waals surface area (Å²) in [5, 5.41) is 16.8. The summed E-state index contributed by atoms with van der Waals surface area (Å²) in [6.45, 7) is 0. The van der Waals surface area contributed by atoms with Gasteiger partial charge in [-0.15, -0.1) is 0 Å². The third-order valence-corrected chi connectivity index (χ3v) is 1.99. The minimum Gasteiger partial charge on any atom is -0.293 e. The van der Waals surface area contributed by atoms with E-state index in [2.05, 4.69) is 0 Å². The van der Waals surface area contributed by atoms with E-state index in [-0.39, 0.29) is 24.4 Å². The first kappa shape index (κ1) is 11.6. The number of nitrogens with zero attached hydrogens (tertiary/aromatic N) is 2. The van der Waals surface area contributed by atoms with Crippen molar-refractivity contribution < 1.29 is 9.59 Å². The van der Waals surface area contributed by atoms with E-state index in [0.29, 0.717) is 11.1 Å². The molecule has 0 unspecified atom stereocenters. The second kappa shape index (κ2) is 5.43. The summed E-state index contributed by atoms with van der Waals surface area (Å²) >= 11 is 0. The average molecular weight is 212 g/mol. The highest BCUT2D eigenvalue weighted by Crippen LogP contribution is 2.09. The molecule has 78 valence electrons. The van der Waals surface area contributed by atoms with Gasteiger partial charge in [-0.1, -0.05) is 18.2 Å². The van der Waals surface area contributed by atoms with Gasteiger partial charge in [0.2, 0.25) is 0 Å². The van der Waals surface area contributed by atoms with E-state index in [0.717, 1.165) is 0 Å². The van der Waals surface area contributed by atoms with Crippen LogP contribution in [0.4, 0.5) is 0 Å². The van der Waals surface area contributed by atoms with Crippen LogP contribution in [0, 0.1) is 22.7 Å². The van der Waals surface area contributed by atoms with Crippen LogP contribution in [0.2, 0.25) is 0 Å². The zero-order valence-electron chi connectivity index (χ0n) is 8.43. The normalized spacial score (nSPS) is 8.88. The van der Waals surface area contributed by atoms with Crippen molar-refractivity contribution in [3.05, 3.63) is 35.4 Å². The average Bonchev–Trinajstić information content (AvgIpc) is 2.30. The van der Waals surface area contributed by atoms with Crippen LogP contribution in [0.3, 0.4) is 0 Å². The number of benzene rings is 1. The largest absolute Gasteiger partial charge is 0.293 e. The third kappa shape index (κ3) is 2.76. The summed E-state index contributed by atoms with van der Waals surface area (Å²) < 4.78 is 0. The Labute approximate surface area is 92.7 Å². The lowest BCUT2D eigenvalue weighted by atomic mass is 10.0. The molecule has 1 rings (SSSR count). The second-order valence-electron chi connectivity index (χ2n) is 3.10. The fourth-order valence-corrected chi connectivity index (χ4v) is 1.21. The zero-order valence-corrected chi connectivity index (χ0v) is 8.43. The molecule has 0 saturated carbocycles. The van der Waals surface area contributed by atoms with Gasteiger partial charge >= 0.3 is 0 Å². The molecule has 0 aliphatic carbocycles. The number of carbonyl (C=O) groups excluding carboxylic acids is 2. The van der Waals surface area contributed by atoms with Crippen LogP contribution >= 0.6 is 0 Å². The smallest absolute Gasteiger partial charge is 0.176 e. The van der Waals surface area contributed by atoms with Gasteiger partial charge in [0.15, 0.2) is 11.6 Å². The zero-order chi connectivity index (χ0) is 12.0. The van der Waals surface area contributed by atoms with Crippen LogP contribution in [-0.2, 0) is 0 Å². The van der Waals surface area contributed by atoms with Crippen molar-refractivity contribution in [2.75, 3.05) is 0 Å². The van der Waals surface area contributed by atoms with E-state index in [4.69, 9.17) is 10.5 Å². The van der Waals surface area contributed by atoms with Crippen LogP contribution in [0.5, 0.6) is 0 Å². The van der Waals surface area contributed by atoms with Crippen LogP contribution < -0.4 is 0 Å². The molecular weight excluding hydrogens is 204 g/mol. The maximum Gasteiger partial charge on any atom is 0.176 e. The van der Waals surface area contributed by atoms with E-state index in [1.807, 2.05) is 0 Å². The lowest BCUT2D eigenvalue weighted by Gasteiger charge is -2.00. The molecule has 4 heteroatoms. The van der Waals surface area contributed by atoms with Crippen molar-refractivity contribution in [2.24, 2.45) is 0 Å². The predicted molar refractivity (Wildman–Crippen MR) is 55.6 cm³/mol. The van der Waals surface area contributed by atoms with E-state index >= 15 is 0 Å². The van der Waals surface area contributed by atoms with Crippen LogP contribution in [0.15, 0.2) is 24.3 Å². The first-order chi connectivity index (χ1) is 7.69. The molecule has 4 nitrogen and oxygen atoms in total. The highest BCUT2D eigenvalue weighted by molar-refractivity contribution is 6.02. The van der Waals surface area contributed by atoms with Crippen molar-refractivity contribution in [3.63, 3.8) is 0 Å². The number of Topliss-reactive ketones (excluding diaryl/α,β-unsaturated/α-hetero) is 2. The highest BCUT2D eigenvalue weighted by atomic mass is 16.1. The summed E-state index contributed by atoms with van der Waals surface area (Å²) in [7, 11) is 0. The van der Waals surface area contributed by atoms with Crippen molar-refractivity contribution in [1.82, 2.24) is 0 Å². The summed E-state index contributed by atoms with van der Waals surface area (Å²) in [6, 6.07) is 9.58. The molecule has 0 heterocycles. The van der Waals surface area contributed by atoms with Gasteiger partial charge in [-0.2, -0.15) is 10.5 Å². The molecule has 16 heavy (non-hydrogen) atoms. The van der Waals surface area contributed by atoms with Gasteiger partial charge in [-0.05, 0) is 6.07 Å². The Morgan fingerprint density at radius 3 is 1.81 bits per heavy atom. The Balaban J connectivity index is 2.97. The highest BCUT2D eigenvalue weighted by Gasteiger charge is 2.09. The Bertz CT molecular complexity index is 463. The van der Waals surface area contributed by atoms with E-state index in [9.17, 15) is 9.59 Å². The van der Waals surface area contributed by atoms with Crippen LogP contribution in [-0.4, -0.2) is 11.6 Å². The predicted octanol–water partition coefficient (Wildman–Crippen LogP) is 1.88. The summed E-state index contributed by atoms with van der Waals surface area (Å²) in [4.78, 5) is 22.8. The number of hydrogen-bond acceptors (Lipinski definition) is 4. The molecule has 0 radical (unpaired) electrons. The molecule has 0 aromatic heterocycles. The van der Waals surface area contributed by atoms with Crippen LogP contribution in [0.1, 0.15) is 33.6 Å². The standard InChI is InChI=1S/C12H8N2O2/c13-6-4-11(15)9-2-1-3-10(8-9)12(16)5-7-14/h1-3,8H,4-5H2. The molecule has 0 N–H and O–H groups in total. The van der Waals surface area contributed by atoms with Crippen molar-refractivity contribution in [3.8, 4) is 12.1 Å². The molecule has 0 bridgehead atoms. The van der Waals surface area contributed by atoms with Crippen molar-refractivity contribution in [1.29, 1.82) is 10.5 Å². The van der Waals surface area contributed by atoms with Crippen LogP contribution in [0.25, 0.3) is 0 Å². The van der Waals surface area contributed by atoms with Gasteiger partial charge in [-0.3, -0.25) is 9.59 Å². The molecular formula is C12H8N2O2. The first-order valence-corrected chi connectivity index (χ1v) is 4.59. The minimum absolute atomic E-state index is 0.212. The summed E-state index contributed by atoms with van der Waals surface area (Å²) in [5.41, 5.74) is 0.649. The monoisotopic (exact) mass is 212 g/mol. The lowest BCUT2D eigenvalue weighted by molar-refractivity contribution is 0.0996. The molecule has 0 aliphatic rings. The fraction of sp³-hybridized carbons (Fsp3) is 0.167. The Morgan fingerprint density at radius 1 is 1.00 bits per heavy atom. The van der Waals surface area contributed by atoms with Gasteiger partial charge in [0.05, 0.1) is 25.0 Å². The Hall–Kier alpha value is -2.46. The molecule has 1 aromatic carbocycles. The summed E-state index contributed by atoms with van der Waals surface area (Å²) in [5.74, 6) is -0.650. The van der Waals surface area contributed by atoms with Gasteiger partial charge in [0, 0.05) is 11.1 Å². The third-order valence-electron chi connectivity index (χ3n) is 1.99. The number of carbonyl (C=O) groups is 2. The molecule has 1 aromatic rings.